The van der Waals surface area contributed by atoms with Crippen LogP contribution in [0.5, 0.6) is 0 Å². The quantitative estimate of drug-likeness (QED) is 0.626. The van der Waals surface area contributed by atoms with Crippen LogP contribution in [-0.2, 0) is 32.5 Å². The summed E-state index contributed by atoms with van der Waals surface area (Å²) in [6.45, 7) is 6.67. The van der Waals surface area contributed by atoms with Gasteiger partial charge >= 0.3 is 0 Å². The second-order valence-electron chi connectivity index (χ2n) is 7.99. The van der Waals surface area contributed by atoms with Crippen molar-refractivity contribution in [3.05, 3.63) is 29.3 Å². The van der Waals surface area contributed by atoms with Gasteiger partial charge in [0, 0.05) is 52.1 Å². The molecule has 1 aliphatic carbocycles. The number of hydrogen-bond donors (Lipinski definition) is 0. The minimum atomic E-state index is -3.53. The first-order chi connectivity index (χ1) is 14.4. The molecule has 166 valence electrons. The van der Waals surface area contributed by atoms with Crippen molar-refractivity contribution in [3.8, 4) is 0 Å². The van der Waals surface area contributed by atoms with E-state index in [1.54, 1.807) is 15.9 Å². The van der Waals surface area contributed by atoms with E-state index in [0.29, 0.717) is 63.4 Å². The lowest BCUT2D eigenvalue weighted by Gasteiger charge is -2.34. The Labute approximate surface area is 180 Å². The number of carbonyl (C=O) groups is 2. The summed E-state index contributed by atoms with van der Waals surface area (Å²) >= 11 is 0. The van der Waals surface area contributed by atoms with E-state index >= 15 is 0 Å². The highest BCUT2D eigenvalue weighted by molar-refractivity contribution is 7.89. The van der Waals surface area contributed by atoms with Crippen LogP contribution in [0.3, 0.4) is 0 Å². The number of rotatable bonds is 8. The summed E-state index contributed by atoms with van der Waals surface area (Å²) in [5.41, 5.74) is 2.40. The van der Waals surface area contributed by atoms with Crippen LogP contribution >= 0.6 is 0 Å². The van der Waals surface area contributed by atoms with Crippen molar-refractivity contribution in [2.24, 2.45) is 0 Å². The fourth-order valence-corrected chi connectivity index (χ4v) is 5.79. The monoisotopic (exact) mass is 435 g/mol. The van der Waals surface area contributed by atoms with Gasteiger partial charge in [0.2, 0.25) is 21.8 Å². The van der Waals surface area contributed by atoms with Gasteiger partial charge in [-0.05, 0) is 62.8 Å². The molecule has 1 saturated heterocycles. The first-order valence-corrected chi connectivity index (χ1v) is 12.5. The first kappa shape index (κ1) is 22.7. The first-order valence-electron chi connectivity index (χ1n) is 11.0. The second-order valence-corrected chi connectivity index (χ2v) is 9.93. The van der Waals surface area contributed by atoms with E-state index < -0.39 is 10.0 Å². The van der Waals surface area contributed by atoms with Crippen molar-refractivity contribution >= 4 is 21.8 Å². The molecule has 0 N–H and O–H groups in total. The van der Waals surface area contributed by atoms with Gasteiger partial charge in [-0.25, -0.2) is 8.42 Å². The summed E-state index contributed by atoms with van der Waals surface area (Å²) in [6, 6.07) is 5.47. The van der Waals surface area contributed by atoms with Gasteiger partial charge in [0.05, 0.1) is 4.90 Å². The summed E-state index contributed by atoms with van der Waals surface area (Å²) in [5, 5.41) is 0. The van der Waals surface area contributed by atoms with Crippen molar-refractivity contribution in [1.82, 2.24) is 14.1 Å². The molecule has 0 atom stereocenters. The minimum Gasteiger partial charge on any atom is -0.343 e. The largest absolute Gasteiger partial charge is 0.343 e. The zero-order valence-electron chi connectivity index (χ0n) is 18.1. The molecule has 1 aliphatic heterocycles. The summed E-state index contributed by atoms with van der Waals surface area (Å²) in [6.07, 6.45) is 4.28. The van der Waals surface area contributed by atoms with Gasteiger partial charge in [-0.3, -0.25) is 9.59 Å². The molecule has 1 aromatic carbocycles. The number of piperazine rings is 1. The van der Waals surface area contributed by atoms with Crippen molar-refractivity contribution in [1.29, 1.82) is 0 Å². The van der Waals surface area contributed by atoms with E-state index in [1.165, 1.54) is 9.87 Å². The number of sulfonamides is 1. The maximum atomic E-state index is 13.0. The third kappa shape index (κ3) is 5.03. The molecular formula is C22H33N3O4S. The molecule has 0 aromatic heterocycles. The number of amides is 2. The van der Waals surface area contributed by atoms with Crippen LogP contribution in [0.25, 0.3) is 0 Å². The molecule has 1 aromatic rings. The Bertz CT molecular complexity index is 872. The van der Waals surface area contributed by atoms with Gasteiger partial charge in [-0.1, -0.05) is 6.07 Å². The zero-order valence-corrected chi connectivity index (χ0v) is 18.9. The Morgan fingerprint density at radius 2 is 1.63 bits per heavy atom. The van der Waals surface area contributed by atoms with Crippen molar-refractivity contribution < 1.29 is 18.0 Å². The molecule has 3 rings (SSSR count). The molecule has 2 aliphatic rings. The number of nitrogens with zero attached hydrogens (tertiary/aromatic N) is 3. The summed E-state index contributed by atoms with van der Waals surface area (Å²) < 4.78 is 27.5. The Morgan fingerprint density at radius 3 is 2.30 bits per heavy atom. The van der Waals surface area contributed by atoms with Crippen LogP contribution < -0.4 is 0 Å². The molecule has 1 heterocycles. The Kier molecular flexibility index (Phi) is 7.52. The van der Waals surface area contributed by atoms with Gasteiger partial charge in [-0.2, -0.15) is 4.31 Å². The molecule has 0 unspecified atom stereocenters. The van der Waals surface area contributed by atoms with E-state index in [2.05, 4.69) is 0 Å². The van der Waals surface area contributed by atoms with E-state index in [1.807, 2.05) is 26.0 Å². The number of aryl methyl sites for hydroxylation is 2. The minimum absolute atomic E-state index is 0.00285. The normalized spacial score (nSPS) is 17.1. The van der Waals surface area contributed by atoms with Gasteiger partial charge < -0.3 is 9.80 Å². The highest BCUT2D eigenvalue weighted by atomic mass is 32.2. The molecular weight excluding hydrogens is 402 g/mol. The van der Waals surface area contributed by atoms with Crippen molar-refractivity contribution in [3.63, 3.8) is 0 Å². The number of benzene rings is 1. The molecule has 7 nitrogen and oxygen atoms in total. The molecule has 2 amide bonds. The highest BCUT2D eigenvalue weighted by Gasteiger charge is 2.30. The number of hydrogen-bond acceptors (Lipinski definition) is 4. The molecule has 0 bridgehead atoms. The fraction of sp³-hybridized carbons (Fsp3) is 0.636. The second kappa shape index (κ2) is 9.92. The summed E-state index contributed by atoms with van der Waals surface area (Å²) in [4.78, 5) is 28.4. The summed E-state index contributed by atoms with van der Waals surface area (Å²) in [7, 11) is -3.53. The molecule has 30 heavy (non-hydrogen) atoms. The van der Waals surface area contributed by atoms with Gasteiger partial charge in [0.15, 0.2) is 0 Å². The van der Waals surface area contributed by atoms with Crippen LogP contribution in [0.15, 0.2) is 23.1 Å². The van der Waals surface area contributed by atoms with Crippen molar-refractivity contribution in [2.45, 2.75) is 57.3 Å². The Hall–Kier alpha value is -1.93. The lowest BCUT2D eigenvalue weighted by atomic mass is 10.1. The van der Waals surface area contributed by atoms with Crippen LogP contribution in [0.1, 0.15) is 50.7 Å². The van der Waals surface area contributed by atoms with E-state index in [4.69, 9.17) is 0 Å². The maximum Gasteiger partial charge on any atom is 0.243 e. The van der Waals surface area contributed by atoms with E-state index in [0.717, 1.165) is 24.8 Å². The smallest absolute Gasteiger partial charge is 0.243 e. The molecule has 8 heteroatoms. The van der Waals surface area contributed by atoms with Crippen LogP contribution in [-0.4, -0.2) is 73.6 Å². The van der Waals surface area contributed by atoms with Crippen LogP contribution in [0, 0.1) is 0 Å². The van der Waals surface area contributed by atoms with Crippen LogP contribution in [0.2, 0.25) is 0 Å². The fourth-order valence-electron chi connectivity index (χ4n) is 4.32. The number of fused-ring (bicyclic) bond motifs is 1. The Balaban J connectivity index is 1.49. The third-order valence-corrected chi connectivity index (χ3v) is 8.09. The topological polar surface area (TPSA) is 78.0 Å². The average molecular weight is 436 g/mol. The average Bonchev–Trinajstić information content (AvgIpc) is 3.22. The Morgan fingerprint density at radius 1 is 0.967 bits per heavy atom. The van der Waals surface area contributed by atoms with Gasteiger partial charge in [0.1, 0.15) is 0 Å². The van der Waals surface area contributed by atoms with Crippen molar-refractivity contribution in [2.75, 3.05) is 39.3 Å². The third-order valence-electron chi connectivity index (χ3n) is 6.20. The van der Waals surface area contributed by atoms with Gasteiger partial charge in [-0.15, -0.1) is 0 Å². The molecule has 0 spiro atoms. The predicted octanol–water partition coefficient (Wildman–Crippen LogP) is 2.05. The van der Waals surface area contributed by atoms with E-state index in [9.17, 15) is 18.0 Å². The maximum absolute atomic E-state index is 13.0. The molecule has 1 fully saturated rings. The lowest BCUT2D eigenvalue weighted by molar-refractivity contribution is -0.133. The van der Waals surface area contributed by atoms with E-state index in [-0.39, 0.29) is 11.8 Å². The molecule has 0 radical (unpaired) electrons. The zero-order chi connectivity index (χ0) is 21.7. The SMILES string of the molecule is CCN(CC)C(=O)CCCC(=O)N1CCN(S(=O)(=O)c2ccc3c(c2)CCC3)CC1. The highest BCUT2D eigenvalue weighted by Crippen LogP contribution is 2.26. The standard InChI is InChI=1S/C22H33N3O4S/c1-3-23(4-2)21(26)9-6-10-22(27)24-13-15-25(16-14-24)30(28,29)20-12-11-18-7-5-8-19(18)17-20/h11-12,17H,3-10,13-16H2,1-2H3. The lowest BCUT2D eigenvalue weighted by Crippen LogP contribution is -2.50. The van der Waals surface area contributed by atoms with Crippen LogP contribution in [0.4, 0.5) is 0 Å². The number of carbonyl (C=O) groups excluding carboxylic acids is 2. The van der Waals surface area contributed by atoms with Gasteiger partial charge in [0.25, 0.3) is 0 Å². The molecule has 0 saturated carbocycles. The summed E-state index contributed by atoms with van der Waals surface area (Å²) in [5.74, 6) is 0.0787. The predicted molar refractivity (Wildman–Crippen MR) is 116 cm³/mol.